The van der Waals surface area contributed by atoms with Crippen LogP contribution in [-0.4, -0.2) is 32.9 Å². The zero-order valence-electron chi connectivity index (χ0n) is 10.6. The summed E-state index contributed by atoms with van der Waals surface area (Å²) in [6.07, 6.45) is 1.28. The van der Waals surface area contributed by atoms with Crippen molar-refractivity contribution in [1.82, 2.24) is 0 Å². The molecule has 1 aromatic carbocycles. The molecule has 1 fully saturated rings. The fraction of sp³-hybridized carbons (Fsp3) is 0.538. The number of rotatable bonds is 3. The molecule has 0 aliphatic carbocycles. The van der Waals surface area contributed by atoms with Crippen LogP contribution in [0.1, 0.15) is 13.3 Å². The van der Waals surface area contributed by atoms with E-state index in [1.54, 1.807) is 7.11 Å². The summed E-state index contributed by atoms with van der Waals surface area (Å²) in [5.74, 6) is 0.826. The molecule has 1 aliphatic heterocycles. The van der Waals surface area contributed by atoms with E-state index in [9.17, 15) is 0 Å². The fourth-order valence-electron chi connectivity index (χ4n) is 2.36. The van der Waals surface area contributed by atoms with Crippen LogP contribution >= 0.6 is 0 Å². The van der Waals surface area contributed by atoms with Crippen molar-refractivity contribution < 1.29 is 9.47 Å². The summed E-state index contributed by atoms with van der Waals surface area (Å²) in [5.41, 5.74) is 7.80. The number of anilines is 2. The second-order valence-electron chi connectivity index (χ2n) is 4.47. The van der Waals surface area contributed by atoms with E-state index in [0.29, 0.717) is 6.04 Å². The zero-order valence-corrected chi connectivity index (χ0v) is 10.6. The van der Waals surface area contributed by atoms with Gasteiger partial charge in [0, 0.05) is 19.7 Å². The average molecular weight is 236 g/mol. The normalized spacial score (nSPS) is 23.7. The maximum Gasteiger partial charge on any atom is 0.121 e. The van der Waals surface area contributed by atoms with E-state index < -0.39 is 0 Å². The summed E-state index contributed by atoms with van der Waals surface area (Å²) in [6.45, 7) is 2.92. The minimum atomic E-state index is 0.241. The molecule has 0 amide bonds. The first-order chi connectivity index (χ1) is 8.13. The predicted molar refractivity (Wildman–Crippen MR) is 69.6 cm³/mol. The molecule has 1 saturated heterocycles. The standard InChI is InChI=1S/C13H20N2O2/c1-9-12(6-7-17-9)15(2)13-8-10(16-3)4-5-11(13)14/h4-5,8-9,12H,6-7,14H2,1-3H3. The van der Waals surface area contributed by atoms with Crippen LogP contribution in [-0.2, 0) is 4.74 Å². The lowest BCUT2D eigenvalue weighted by molar-refractivity contribution is 0.118. The number of nitrogen functional groups attached to an aromatic ring is 1. The second-order valence-corrected chi connectivity index (χ2v) is 4.47. The summed E-state index contributed by atoms with van der Waals surface area (Å²) in [4.78, 5) is 2.19. The lowest BCUT2D eigenvalue weighted by atomic mass is 10.1. The summed E-state index contributed by atoms with van der Waals surface area (Å²) >= 11 is 0. The van der Waals surface area contributed by atoms with Gasteiger partial charge in [-0.15, -0.1) is 0 Å². The van der Waals surface area contributed by atoms with Gasteiger partial charge >= 0.3 is 0 Å². The number of hydrogen-bond donors (Lipinski definition) is 1. The molecule has 4 heteroatoms. The molecule has 0 spiro atoms. The summed E-state index contributed by atoms with van der Waals surface area (Å²) in [6, 6.07) is 6.11. The van der Waals surface area contributed by atoms with Crippen molar-refractivity contribution in [3.8, 4) is 5.75 Å². The second kappa shape index (κ2) is 4.84. The van der Waals surface area contributed by atoms with Crippen molar-refractivity contribution in [3.05, 3.63) is 18.2 Å². The molecule has 0 bridgehead atoms. The number of nitrogens with two attached hydrogens (primary N) is 1. The van der Waals surface area contributed by atoms with Gasteiger partial charge in [0.05, 0.1) is 30.6 Å². The number of likely N-dealkylation sites (N-methyl/N-ethyl adjacent to an activating group) is 1. The molecule has 0 radical (unpaired) electrons. The zero-order chi connectivity index (χ0) is 12.4. The molecule has 94 valence electrons. The molecule has 4 nitrogen and oxygen atoms in total. The average Bonchev–Trinajstić information content (AvgIpc) is 2.75. The molecule has 1 heterocycles. The van der Waals surface area contributed by atoms with E-state index in [4.69, 9.17) is 15.2 Å². The van der Waals surface area contributed by atoms with E-state index >= 15 is 0 Å². The van der Waals surface area contributed by atoms with Crippen molar-refractivity contribution in [1.29, 1.82) is 0 Å². The van der Waals surface area contributed by atoms with Crippen LogP contribution in [0.5, 0.6) is 5.75 Å². The summed E-state index contributed by atoms with van der Waals surface area (Å²) in [7, 11) is 3.72. The Morgan fingerprint density at radius 2 is 2.24 bits per heavy atom. The molecule has 2 rings (SSSR count). The van der Waals surface area contributed by atoms with Crippen molar-refractivity contribution in [2.75, 3.05) is 31.4 Å². The molecular weight excluding hydrogens is 216 g/mol. The highest BCUT2D eigenvalue weighted by molar-refractivity contribution is 5.69. The van der Waals surface area contributed by atoms with Gasteiger partial charge in [-0.05, 0) is 25.5 Å². The topological polar surface area (TPSA) is 47.7 Å². The van der Waals surface area contributed by atoms with Crippen molar-refractivity contribution in [2.24, 2.45) is 0 Å². The molecule has 0 saturated carbocycles. The van der Waals surface area contributed by atoms with Crippen LogP contribution in [0.4, 0.5) is 11.4 Å². The minimum Gasteiger partial charge on any atom is -0.497 e. The maximum absolute atomic E-state index is 6.02. The van der Waals surface area contributed by atoms with Crippen LogP contribution in [0.2, 0.25) is 0 Å². The Balaban J connectivity index is 2.26. The van der Waals surface area contributed by atoms with E-state index in [1.165, 1.54) is 0 Å². The molecule has 1 aliphatic rings. The van der Waals surface area contributed by atoms with Crippen LogP contribution in [0.15, 0.2) is 18.2 Å². The summed E-state index contributed by atoms with van der Waals surface area (Å²) < 4.78 is 10.8. The molecule has 2 N–H and O–H groups in total. The van der Waals surface area contributed by atoms with Crippen molar-refractivity contribution >= 4 is 11.4 Å². The number of hydrogen-bond acceptors (Lipinski definition) is 4. The molecular formula is C13H20N2O2. The van der Waals surface area contributed by atoms with Crippen LogP contribution < -0.4 is 15.4 Å². The fourth-order valence-corrected chi connectivity index (χ4v) is 2.36. The number of ether oxygens (including phenoxy) is 2. The Morgan fingerprint density at radius 1 is 1.47 bits per heavy atom. The van der Waals surface area contributed by atoms with Crippen molar-refractivity contribution in [3.63, 3.8) is 0 Å². The quantitative estimate of drug-likeness (QED) is 0.814. The lowest BCUT2D eigenvalue weighted by Crippen LogP contribution is -2.37. The molecule has 17 heavy (non-hydrogen) atoms. The van der Waals surface area contributed by atoms with E-state index in [-0.39, 0.29) is 6.10 Å². The van der Waals surface area contributed by atoms with Gasteiger partial charge < -0.3 is 20.1 Å². The maximum atomic E-state index is 6.02. The van der Waals surface area contributed by atoms with Crippen LogP contribution in [0.3, 0.4) is 0 Å². The number of methoxy groups -OCH3 is 1. The SMILES string of the molecule is COc1ccc(N)c(N(C)C2CCOC2C)c1. The van der Waals surface area contributed by atoms with Gasteiger partial charge in [0.25, 0.3) is 0 Å². The van der Waals surface area contributed by atoms with Gasteiger partial charge in [-0.1, -0.05) is 0 Å². The molecule has 2 unspecified atom stereocenters. The third-order valence-corrected chi connectivity index (χ3v) is 3.45. The first-order valence-electron chi connectivity index (χ1n) is 5.91. The van der Waals surface area contributed by atoms with E-state index in [2.05, 4.69) is 18.9 Å². The van der Waals surface area contributed by atoms with E-state index in [1.807, 2.05) is 18.2 Å². The minimum absolute atomic E-state index is 0.241. The van der Waals surface area contributed by atoms with E-state index in [0.717, 1.165) is 30.2 Å². The Morgan fingerprint density at radius 3 is 2.82 bits per heavy atom. The Hall–Kier alpha value is -1.42. The summed E-state index contributed by atoms with van der Waals surface area (Å²) in [5, 5.41) is 0. The van der Waals surface area contributed by atoms with Crippen molar-refractivity contribution in [2.45, 2.75) is 25.5 Å². The van der Waals surface area contributed by atoms with Gasteiger partial charge in [-0.3, -0.25) is 0 Å². The monoisotopic (exact) mass is 236 g/mol. The molecule has 0 aromatic heterocycles. The van der Waals surface area contributed by atoms with Gasteiger partial charge in [-0.2, -0.15) is 0 Å². The Labute approximate surface area is 102 Å². The lowest BCUT2D eigenvalue weighted by Gasteiger charge is -2.30. The third kappa shape index (κ3) is 2.31. The highest BCUT2D eigenvalue weighted by atomic mass is 16.5. The van der Waals surface area contributed by atoms with Gasteiger partial charge in [0.2, 0.25) is 0 Å². The van der Waals surface area contributed by atoms with Gasteiger partial charge in [0.15, 0.2) is 0 Å². The van der Waals surface area contributed by atoms with Crippen LogP contribution in [0, 0.1) is 0 Å². The molecule has 1 aromatic rings. The predicted octanol–water partition coefficient (Wildman–Crippen LogP) is 1.89. The third-order valence-electron chi connectivity index (χ3n) is 3.45. The largest absolute Gasteiger partial charge is 0.497 e. The van der Waals surface area contributed by atoms with Crippen LogP contribution in [0.25, 0.3) is 0 Å². The first kappa shape index (κ1) is 12.0. The number of nitrogens with zero attached hydrogens (tertiary/aromatic N) is 1. The first-order valence-corrected chi connectivity index (χ1v) is 5.91. The molecule has 2 atom stereocenters. The Kier molecular flexibility index (Phi) is 3.43. The highest BCUT2D eigenvalue weighted by Crippen LogP contribution is 2.31. The highest BCUT2D eigenvalue weighted by Gasteiger charge is 2.28. The van der Waals surface area contributed by atoms with Gasteiger partial charge in [0.1, 0.15) is 5.75 Å². The van der Waals surface area contributed by atoms with Gasteiger partial charge in [-0.25, -0.2) is 0 Å². The number of benzene rings is 1. The smallest absolute Gasteiger partial charge is 0.121 e. The Bertz CT molecular complexity index is 395.